The molecule has 0 fully saturated rings. The van der Waals surface area contributed by atoms with Crippen LogP contribution in [0.4, 0.5) is 0 Å². The quantitative estimate of drug-likeness (QED) is 0.384. The first-order valence-electron chi connectivity index (χ1n) is 9.77. The molecule has 0 aliphatic carbocycles. The van der Waals surface area contributed by atoms with Gasteiger partial charge < -0.3 is 14.8 Å². The summed E-state index contributed by atoms with van der Waals surface area (Å²) in [5.41, 5.74) is 1.28. The number of hydrogen-bond donors (Lipinski definition) is 1. The lowest BCUT2D eigenvalue weighted by Gasteiger charge is -2.13. The molecule has 31 heavy (non-hydrogen) atoms. The molecule has 1 aromatic heterocycles. The molecule has 0 spiro atoms. The summed E-state index contributed by atoms with van der Waals surface area (Å²) in [6.07, 6.45) is 0.778. The van der Waals surface area contributed by atoms with Crippen LogP contribution in [0.15, 0.2) is 46.3 Å². The zero-order valence-electron chi connectivity index (χ0n) is 17.6. The highest BCUT2D eigenvalue weighted by Crippen LogP contribution is 2.27. The SMILES string of the molecule is CCCn1c(SCC(=O)NCc2ccc(OC)c(OC)c2)nc2cc(Cl)ccc2c1=O. The van der Waals surface area contributed by atoms with Crippen LogP contribution in [0, 0.1) is 0 Å². The number of fused-ring (bicyclic) bond motifs is 1. The molecule has 0 saturated heterocycles. The van der Waals surface area contributed by atoms with E-state index in [4.69, 9.17) is 21.1 Å². The molecule has 0 aliphatic heterocycles. The number of thioether (sulfide) groups is 1. The number of halogens is 1. The van der Waals surface area contributed by atoms with E-state index in [9.17, 15) is 9.59 Å². The number of aromatic nitrogens is 2. The minimum absolute atomic E-state index is 0.128. The van der Waals surface area contributed by atoms with E-state index in [2.05, 4.69) is 10.3 Å². The molecule has 0 saturated carbocycles. The van der Waals surface area contributed by atoms with E-state index < -0.39 is 0 Å². The molecule has 3 aromatic rings. The van der Waals surface area contributed by atoms with Crippen LogP contribution < -0.4 is 20.3 Å². The van der Waals surface area contributed by atoms with Crippen molar-refractivity contribution >= 4 is 40.2 Å². The number of hydrogen-bond acceptors (Lipinski definition) is 6. The Morgan fingerprint density at radius 1 is 1.16 bits per heavy atom. The zero-order valence-corrected chi connectivity index (χ0v) is 19.2. The first-order valence-corrected chi connectivity index (χ1v) is 11.1. The molecule has 2 aromatic carbocycles. The van der Waals surface area contributed by atoms with Crippen LogP contribution in [0.3, 0.4) is 0 Å². The Kier molecular flexibility index (Phi) is 7.81. The van der Waals surface area contributed by atoms with Crippen molar-refractivity contribution in [2.24, 2.45) is 0 Å². The minimum atomic E-state index is -0.164. The number of carbonyl (C=O) groups is 1. The Morgan fingerprint density at radius 2 is 1.94 bits per heavy atom. The van der Waals surface area contributed by atoms with Crippen molar-refractivity contribution < 1.29 is 14.3 Å². The Bertz CT molecular complexity index is 1150. The summed E-state index contributed by atoms with van der Waals surface area (Å²) in [6, 6.07) is 10.5. The molecular weight excluding hydrogens is 438 g/mol. The number of benzene rings is 2. The average Bonchev–Trinajstić information content (AvgIpc) is 2.77. The van der Waals surface area contributed by atoms with Gasteiger partial charge in [0.2, 0.25) is 5.91 Å². The third-order valence-electron chi connectivity index (χ3n) is 4.60. The van der Waals surface area contributed by atoms with Crippen LogP contribution in [-0.2, 0) is 17.9 Å². The normalized spacial score (nSPS) is 10.8. The van der Waals surface area contributed by atoms with Crippen molar-refractivity contribution in [2.45, 2.75) is 31.6 Å². The number of rotatable bonds is 9. The fraction of sp³-hybridized carbons (Fsp3) is 0.318. The predicted octanol–water partition coefficient (Wildman–Crippen LogP) is 3.89. The van der Waals surface area contributed by atoms with Gasteiger partial charge in [0.05, 0.1) is 30.9 Å². The summed E-state index contributed by atoms with van der Waals surface area (Å²) in [5, 5.41) is 4.41. The monoisotopic (exact) mass is 461 g/mol. The lowest BCUT2D eigenvalue weighted by Crippen LogP contribution is -2.26. The molecule has 0 unspecified atom stereocenters. The second kappa shape index (κ2) is 10.5. The number of nitrogens with one attached hydrogen (secondary N) is 1. The van der Waals surface area contributed by atoms with E-state index in [-0.39, 0.29) is 17.2 Å². The van der Waals surface area contributed by atoms with Crippen LogP contribution in [0.1, 0.15) is 18.9 Å². The van der Waals surface area contributed by atoms with E-state index >= 15 is 0 Å². The summed E-state index contributed by atoms with van der Waals surface area (Å²) in [4.78, 5) is 29.9. The standard InChI is InChI=1S/C22H24ClN3O4S/c1-4-9-26-21(28)16-7-6-15(23)11-17(16)25-22(26)31-13-20(27)24-12-14-5-8-18(29-2)19(10-14)30-3/h5-8,10-11H,4,9,12-13H2,1-3H3,(H,24,27). The minimum Gasteiger partial charge on any atom is -0.493 e. The molecule has 0 radical (unpaired) electrons. The molecule has 9 heteroatoms. The van der Waals surface area contributed by atoms with Crippen LogP contribution in [-0.4, -0.2) is 35.4 Å². The maximum absolute atomic E-state index is 12.9. The van der Waals surface area contributed by atoms with Gasteiger partial charge in [0.15, 0.2) is 16.7 Å². The number of methoxy groups -OCH3 is 2. The van der Waals surface area contributed by atoms with Gasteiger partial charge in [0, 0.05) is 18.1 Å². The van der Waals surface area contributed by atoms with Gasteiger partial charge in [-0.3, -0.25) is 14.2 Å². The predicted molar refractivity (Wildman–Crippen MR) is 123 cm³/mol. The molecule has 1 heterocycles. The van der Waals surface area contributed by atoms with Gasteiger partial charge >= 0.3 is 0 Å². The van der Waals surface area contributed by atoms with Crippen molar-refractivity contribution in [2.75, 3.05) is 20.0 Å². The highest BCUT2D eigenvalue weighted by atomic mass is 35.5. The Morgan fingerprint density at radius 3 is 2.65 bits per heavy atom. The van der Waals surface area contributed by atoms with Gasteiger partial charge in [-0.2, -0.15) is 0 Å². The van der Waals surface area contributed by atoms with Crippen molar-refractivity contribution in [1.82, 2.24) is 14.9 Å². The van der Waals surface area contributed by atoms with E-state index in [1.165, 1.54) is 11.8 Å². The molecule has 0 bridgehead atoms. The van der Waals surface area contributed by atoms with Gasteiger partial charge in [0.25, 0.3) is 5.56 Å². The molecule has 1 amide bonds. The van der Waals surface area contributed by atoms with Gasteiger partial charge in [-0.05, 0) is 42.3 Å². The first kappa shape index (κ1) is 23.0. The summed E-state index contributed by atoms with van der Waals surface area (Å²) in [6.45, 7) is 2.87. The van der Waals surface area contributed by atoms with Crippen LogP contribution >= 0.6 is 23.4 Å². The Balaban J connectivity index is 1.71. The van der Waals surface area contributed by atoms with E-state index in [1.54, 1.807) is 43.1 Å². The fourth-order valence-electron chi connectivity index (χ4n) is 3.08. The van der Waals surface area contributed by atoms with Crippen molar-refractivity contribution in [3.05, 3.63) is 57.3 Å². The van der Waals surface area contributed by atoms with Gasteiger partial charge in [-0.15, -0.1) is 0 Å². The highest BCUT2D eigenvalue weighted by molar-refractivity contribution is 7.99. The number of carbonyl (C=O) groups excluding carboxylic acids is 1. The average molecular weight is 462 g/mol. The Hall–Kier alpha value is -2.71. The molecule has 0 atom stereocenters. The second-order valence-corrected chi connectivity index (χ2v) is 8.15. The molecule has 1 N–H and O–H groups in total. The second-order valence-electron chi connectivity index (χ2n) is 6.77. The summed E-state index contributed by atoms with van der Waals surface area (Å²) >= 11 is 7.29. The lowest BCUT2D eigenvalue weighted by atomic mass is 10.2. The lowest BCUT2D eigenvalue weighted by molar-refractivity contribution is -0.118. The number of nitrogens with zero attached hydrogens (tertiary/aromatic N) is 2. The third-order valence-corrected chi connectivity index (χ3v) is 5.81. The smallest absolute Gasteiger partial charge is 0.262 e. The third kappa shape index (κ3) is 5.51. The molecular formula is C22H24ClN3O4S. The van der Waals surface area contributed by atoms with Gasteiger partial charge in [0.1, 0.15) is 0 Å². The van der Waals surface area contributed by atoms with Crippen molar-refractivity contribution in [1.29, 1.82) is 0 Å². The first-order chi connectivity index (χ1) is 15.0. The van der Waals surface area contributed by atoms with Gasteiger partial charge in [-0.1, -0.05) is 36.4 Å². The topological polar surface area (TPSA) is 82.5 Å². The van der Waals surface area contributed by atoms with Crippen molar-refractivity contribution in [3.63, 3.8) is 0 Å². The summed E-state index contributed by atoms with van der Waals surface area (Å²) < 4.78 is 12.1. The molecule has 164 valence electrons. The molecule has 3 rings (SSSR count). The maximum atomic E-state index is 12.9. The zero-order chi connectivity index (χ0) is 22.4. The number of amides is 1. The van der Waals surface area contributed by atoms with Crippen LogP contribution in [0.25, 0.3) is 10.9 Å². The van der Waals surface area contributed by atoms with Gasteiger partial charge in [-0.25, -0.2) is 4.98 Å². The molecule has 0 aliphatic rings. The number of ether oxygens (including phenoxy) is 2. The maximum Gasteiger partial charge on any atom is 0.262 e. The van der Waals surface area contributed by atoms with Crippen molar-refractivity contribution in [3.8, 4) is 11.5 Å². The summed E-state index contributed by atoms with van der Waals surface area (Å²) in [5.74, 6) is 1.20. The van der Waals surface area contributed by atoms with E-state index in [0.29, 0.717) is 45.7 Å². The largest absolute Gasteiger partial charge is 0.493 e. The Labute approximate surface area is 189 Å². The molecule has 7 nitrogen and oxygen atoms in total. The van der Waals surface area contributed by atoms with Crippen LogP contribution in [0.5, 0.6) is 11.5 Å². The highest BCUT2D eigenvalue weighted by Gasteiger charge is 2.13. The van der Waals surface area contributed by atoms with E-state index in [0.717, 1.165) is 12.0 Å². The van der Waals surface area contributed by atoms with Crippen LogP contribution in [0.2, 0.25) is 5.02 Å². The van der Waals surface area contributed by atoms with E-state index in [1.807, 2.05) is 19.1 Å². The summed E-state index contributed by atoms with van der Waals surface area (Å²) in [7, 11) is 3.14. The fourth-order valence-corrected chi connectivity index (χ4v) is 4.10.